The number of carbonyl (C=O) groups excluding carboxylic acids is 2. The number of esters is 1. The van der Waals surface area contributed by atoms with Crippen LogP contribution in [0.2, 0.25) is 5.02 Å². The van der Waals surface area contributed by atoms with E-state index in [-0.39, 0.29) is 0 Å². The number of halogens is 1. The molecule has 6 nitrogen and oxygen atoms in total. The average Bonchev–Trinajstić information content (AvgIpc) is 2.44. The molecule has 0 aromatic heterocycles. The number of nitrogens with two attached hydrogens (primary N) is 1. The minimum atomic E-state index is -0.990. The van der Waals surface area contributed by atoms with Crippen molar-refractivity contribution < 1.29 is 23.8 Å². The Morgan fingerprint density at radius 3 is 2.48 bits per heavy atom. The summed E-state index contributed by atoms with van der Waals surface area (Å²) in [6, 6.07) is 3.25. The molecule has 1 rings (SSSR count). The lowest BCUT2D eigenvalue weighted by Gasteiger charge is -2.10. The Morgan fingerprint density at radius 1 is 1.29 bits per heavy atom. The molecule has 0 aliphatic rings. The Bertz CT molecular complexity index is 571. The van der Waals surface area contributed by atoms with Gasteiger partial charge in [0.05, 0.1) is 19.2 Å². The Morgan fingerprint density at radius 2 is 1.95 bits per heavy atom. The third kappa shape index (κ3) is 4.68. The topological polar surface area (TPSA) is 87.9 Å². The molecule has 21 heavy (non-hydrogen) atoms. The zero-order valence-corrected chi connectivity index (χ0v) is 12.6. The summed E-state index contributed by atoms with van der Waals surface area (Å²) in [4.78, 5) is 22.3. The van der Waals surface area contributed by atoms with Crippen LogP contribution in [0.4, 0.5) is 0 Å². The predicted octanol–water partition coefficient (Wildman–Crippen LogP) is 1.79. The Balaban J connectivity index is 2.88. The molecule has 0 aliphatic carbocycles. The fourth-order valence-corrected chi connectivity index (χ4v) is 1.77. The first kappa shape index (κ1) is 16.8. The van der Waals surface area contributed by atoms with Crippen LogP contribution in [-0.2, 0) is 14.3 Å². The van der Waals surface area contributed by atoms with Crippen LogP contribution in [0.15, 0.2) is 18.2 Å². The summed E-state index contributed by atoms with van der Waals surface area (Å²) < 4.78 is 15.0. The lowest BCUT2D eigenvalue weighted by Crippen LogP contribution is -2.29. The van der Waals surface area contributed by atoms with E-state index in [0.29, 0.717) is 22.1 Å². The van der Waals surface area contributed by atoms with Crippen molar-refractivity contribution in [2.24, 2.45) is 5.73 Å². The molecule has 0 saturated carbocycles. The smallest absolute Gasteiger partial charge is 0.331 e. The quantitative estimate of drug-likeness (QED) is 0.639. The highest BCUT2D eigenvalue weighted by Gasteiger charge is 2.13. The second-order valence-corrected chi connectivity index (χ2v) is 4.46. The Labute approximate surface area is 127 Å². The van der Waals surface area contributed by atoms with Crippen LogP contribution in [0, 0.1) is 0 Å². The van der Waals surface area contributed by atoms with Gasteiger partial charge in [0.2, 0.25) is 0 Å². The first-order chi connectivity index (χ1) is 9.88. The fraction of sp³-hybridized carbons (Fsp3) is 0.286. The number of methoxy groups -OCH3 is 2. The number of hydrogen-bond acceptors (Lipinski definition) is 5. The van der Waals surface area contributed by atoms with Crippen LogP contribution in [0.1, 0.15) is 12.5 Å². The van der Waals surface area contributed by atoms with Crippen molar-refractivity contribution in [3.05, 3.63) is 28.8 Å². The van der Waals surface area contributed by atoms with Crippen molar-refractivity contribution in [2.75, 3.05) is 14.2 Å². The van der Waals surface area contributed by atoms with Gasteiger partial charge in [-0.15, -0.1) is 0 Å². The number of rotatable bonds is 6. The molecule has 0 fully saturated rings. The van der Waals surface area contributed by atoms with E-state index < -0.39 is 18.0 Å². The third-order valence-electron chi connectivity index (χ3n) is 2.56. The zero-order chi connectivity index (χ0) is 16.0. The van der Waals surface area contributed by atoms with E-state index in [1.165, 1.54) is 27.2 Å². The molecule has 2 N–H and O–H groups in total. The first-order valence-corrected chi connectivity index (χ1v) is 6.36. The second-order valence-electron chi connectivity index (χ2n) is 4.05. The summed E-state index contributed by atoms with van der Waals surface area (Å²) >= 11 is 6.04. The van der Waals surface area contributed by atoms with E-state index in [2.05, 4.69) is 0 Å². The van der Waals surface area contributed by atoms with Gasteiger partial charge in [-0.3, -0.25) is 4.79 Å². The van der Waals surface area contributed by atoms with E-state index in [1.807, 2.05) is 0 Å². The van der Waals surface area contributed by atoms with Gasteiger partial charge in [-0.05, 0) is 30.7 Å². The van der Waals surface area contributed by atoms with Gasteiger partial charge in [-0.1, -0.05) is 11.6 Å². The van der Waals surface area contributed by atoms with E-state index in [0.717, 1.165) is 6.08 Å². The summed E-state index contributed by atoms with van der Waals surface area (Å²) in [5, 5.41) is 0.343. The van der Waals surface area contributed by atoms with Crippen LogP contribution < -0.4 is 15.2 Å². The second kappa shape index (κ2) is 7.54. The molecule has 7 heteroatoms. The average molecular weight is 314 g/mol. The molecule has 0 heterocycles. The number of hydrogen-bond donors (Lipinski definition) is 1. The van der Waals surface area contributed by atoms with Gasteiger partial charge in [0.1, 0.15) is 0 Å². The van der Waals surface area contributed by atoms with E-state index in [4.69, 9.17) is 31.5 Å². The molecule has 0 bridgehead atoms. The van der Waals surface area contributed by atoms with Crippen molar-refractivity contribution in [3.8, 4) is 11.5 Å². The molecule has 1 atom stereocenters. The highest BCUT2D eigenvalue weighted by atomic mass is 35.5. The summed E-state index contributed by atoms with van der Waals surface area (Å²) in [6.07, 6.45) is 1.65. The number of primary amides is 1. The predicted molar refractivity (Wildman–Crippen MR) is 78.3 cm³/mol. The van der Waals surface area contributed by atoms with Crippen molar-refractivity contribution in [1.29, 1.82) is 0 Å². The van der Waals surface area contributed by atoms with Crippen molar-refractivity contribution in [2.45, 2.75) is 13.0 Å². The maximum Gasteiger partial charge on any atom is 0.331 e. The van der Waals surface area contributed by atoms with Crippen molar-refractivity contribution >= 4 is 29.6 Å². The fourth-order valence-electron chi connectivity index (χ4n) is 1.47. The standard InChI is InChI=1S/C14H16ClNO5/c1-8(14(16)18)21-12(17)5-4-9-6-10(15)13(20-3)11(7-9)19-2/h4-8H,1-3H3,(H2,16,18)/b5-4+/t8-/m1/s1. The molecular formula is C14H16ClNO5. The summed E-state index contributed by atoms with van der Waals surface area (Å²) in [6.45, 7) is 1.39. The lowest BCUT2D eigenvalue weighted by molar-refractivity contribution is -0.148. The van der Waals surface area contributed by atoms with Gasteiger partial charge in [-0.25, -0.2) is 4.79 Å². The minimum Gasteiger partial charge on any atom is -0.493 e. The van der Waals surface area contributed by atoms with Crippen LogP contribution in [-0.4, -0.2) is 32.2 Å². The normalized spacial score (nSPS) is 12.0. The zero-order valence-electron chi connectivity index (χ0n) is 11.9. The monoisotopic (exact) mass is 313 g/mol. The van der Waals surface area contributed by atoms with Crippen molar-refractivity contribution in [1.82, 2.24) is 0 Å². The van der Waals surface area contributed by atoms with Crippen LogP contribution in [0.5, 0.6) is 11.5 Å². The van der Waals surface area contributed by atoms with Gasteiger partial charge in [0.25, 0.3) is 5.91 Å². The van der Waals surface area contributed by atoms with Crippen molar-refractivity contribution in [3.63, 3.8) is 0 Å². The SMILES string of the molecule is COc1cc(/C=C/C(=O)O[C@H](C)C(N)=O)cc(Cl)c1OC. The largest absolute Gasteiger partial charge is 0.493 e. The number of benzene rings is 1. The molecule has 0 unspecified atom stereocenters. The number of ether oxygens (including phenoxy) is 3. The Kier molecular flexibility index (Phi) is 6.05. The van der Waals surface area contributed by atoms with Gasteiger partial charge >= 0.3 is 5.97 Å². The first-order valence-electron chi connectivity index (χ1n) is 5.98. The molecule has 1 aromatic rings. The molecule has 0 spiro atoms. The van der Waals surface area contributed by atoms with Gasteiger partial charge in [-0.2, -0.15) is 0 Å². The minimum absolute atomic E-state index is 0.343. The maximum absolute atomic E-state index is 11.5. The number of amides is 1. The lowest BCUT2D eigenvalue weighted by atomic mass is 10.2. The number of carbonyl (C=O) groups is 2. The van der Waals surface area contributed by atoms with Crippen LogP contribution in [0.3, 0.4) is 0 Å². The Hall–Kier alpha value is -2.21. The van der Waals surface area contributed by atoms with Crippen LogP contribution >= 0.6 is 11.6 Å². The van der Waals surface area contributed by atoms with Crippen LogP contribution in [0.25, 0.3) is 6.08 Å². The summed E-state index contributed by atoms with van der Waals surface area (Å²) in [5.74, 6) is -0.567. The highest BCUT2D eigenvalue weighted by Crippen LogP contribution is 2.36. The molecule has 0 radical (unpaired) electrons. The summed E-state index contributed by atoms with van der Waals surface area (Å²) in [7, 11) is 2.95. The van der Waals surface area contributed by atoms with Gasteiger partial charge in [0.15, 0.2) is 17.6 Å². The molecule has 0 saturated heterocycles. The third-order valence-corrected chi connectivity index (χ3v) is 2.84. The molecule has 114 valence electrons. The van der Waals surface area contributed by atoms with E-state index in [1.54, 1.807) is 12.1 Å². The molecular weight excluding hydrogens is 298 g/mol. The van der Waals surface area contributed by atoms with E-state index >= 15 is 0 Å². The molecule has 1 aromatic carbocycles. The maximum atomic E-state index is 11.5. The molecule has 0 aliphatic heterocycles. The van der Waals surface area contributed by atoms with E-state index in [9.17, 15) is 9.59 Å². The summed E-state index contributed by atoms with van der Waals surface area (Å²) in [5.41, 5.74) is 5.61. The highest BCUT2D eigenvalue weighted by molar-refractivity contribution is 6.32. The van der Waals surface area contributed by atoms with Gasteiger partial charge in [0, 0.05) is 6.08 Å². The van der Waals surface area contributed by atoms with Gasteiger partial charge < -0.3 is 19.9 Å². The molecule has 1 amide bonds.